The number of aliphatic hydroxyl groups is 1. The Kier molecular flexibility index (Phi) is 11.6. The Bertz CT molecular complexity index is 990. The Balaban J connectivity index is 1.65. The fourth-order valence-corrected chi connectivity index (χ4v) is 4.12. The topological polar surface area (TPSA) is 151 Å². The number of nitrogens with two attached hydrogens (primary N) is 2. The summed E-state index contributed by atoms with van der Waals surface area (Å²) in [6.45, 7) is 0.863. The van der Waals surface area contributed by atoms with Gasteiger partial charge in [0.2, 0.25) is 5.91 Å². The molecule has 0 aromatic heterocycles. The van der Waals surface area contributed by atoms with Gasteiger partial charge in [0.25, 0.3) is 0 Å². The summed E-state index contributed by atoms with van der Waals surface area (Å²) < 4.78 is 23.6. The van der Waals surface area contributed by atoms with Gasteiger partial charge in [-0.2, -0.15) is 0 Å². The van der Waals surface area contributed by atoms with E-state index in [2.05, 4.69) is 10.3 Å². The zero-order chi connectivity index (χ0) is 26.6. The fraction of sp³-hybridized carbons (Fsp3) is 0.462. The Morgan fingerprint density at radius 3 is 2.54 bits per heavy atom. The number of methoxy groups -OCH3 is 1. The average molecular weight is 535 g/mol. The highest BCUT2D eigenvalue weighted by Crippen LogP contribution is 2.25. The number of carbonyl (C=O) groups is 1. The zero-order valence-corrected chi connectivity index (χ0v) is 21.5. The fourth-order valence-electron chi connectivity index (χ4n) is 3.99. The number of hydrogen-bond acceptors (Lipinski definition) is 7. The van der Waals surface area contributed by atoms with Gasteiger partial charge < -0.3 is 40.8 Å². The molecule has 0 saturated carbocycles. The van der Waals surface area contributed by atoms with Crippen LogP contribution in [0.3, 0.4) is 0 Å². The number of ether oxygens (including phenoxy) is 4. The maximum absolute atomic E-state index is 12.6. The van der Waals surface area contributed by atoms with Gasteiger partial charge in [-0.3, -0.25) is 9.79 Å². The number of benzene rings is 2. The first-order chi connectivity index (χ1) is 17.9. The van der Waals surface area contributed by atoms with Crippen LogP contribution in [0.4, 0.5) is 0 Å². The predicted octanol–water partition coefficient (Wildman–Crippen LogP) is 1.37. The maximum atomic E-state index is 12.6. The molecular weight excluding hydrogens is 500 g/mol. The highest BCUT2D eigenvalue weighted by atomic mass is 35.5. The molecule has 0 spiro atoms. The Labute approximate surface area is 221 Å². The van der Waals surface area contributed by atoms with E-state index in [4.69, 9.17) is 42.0 Å². The lowest BCUT2D eigenvalue weighted by atomic mass is 9.96. The average Bonchev–Trinajstić information content (AvgIpc) is 2.88. The summed E-state index contributed by atoms with van der Waals surface area (Å²) in [6, 6.07) is 16.4. The molecule has 1 aliphatic rings. The van der Waals surface area contributed by atoms with Crippen LogP contribution in [0.1, 0.15) is 17.5 Å². The molecule has 2 aromatic rings. The molecular formula is C26H35ClN4O6. The van der Waals surface area contributed by atoms with Crippen LogP contribution in [-0.4, -0.2) is 74.5 Å². The molecule has 1 aliphatic heterocycles. The molecule has 1 fully saturated rings. The highest BCUT2D eigenvalue weighted by Gasteiger charge is 2.47. The van der Waals surface area contributed by atoms with E-state index in [0.29, 0.717) is 24.7 Å². The van der Waals surface area contributed by atoms with Crippen molar-refractivity contribution in [2.45, 2.75) is 50.1 Å². The monoisotopic (exact) mass is 534 g/mol. The third-order valence-corrected chi connectivity index (χ3v) is 6.14. The number of nitrogens with one attached hydrogen (secondary N) is 1. The lowest BCUT2D eigenvalue weighted by molar-refractivity contribution is -0.276. The molecule has 0 bridgehead atoms. The van der Waals surface area contributed by atoms with Crippen molar-refractivity contribution in [1.29, 1.82) is 0 Å². The van der Waals surface area contributed by atoms with Crippen LogP contribution in [0.2, 0.25) is 5.02 Å². The number of aliphatic hydroxyl groups excluding tert-OH is 1. The Morgan fingerprint density at radius 1 is 1.14 bits per heavy atom. The van der Waals surface area contributed by atoms with Gasteiger partial charge in [0.15, 0.2) is 12.2 Å². The van der Waals surface area contributed by atoms with Crippen molar-refractivity contribution in [3.63, 3.8) is 0 Å². The molecule has 1 saturated heterocycles. The second-order valence-corrected chi connectivity index (χ2v) is 9.07. The van der Waals surface area contributed by atoms with Crippen LogP contribution in [-0.2, 0) is 36.8 Å². The number of hydrogen-bond donors (Lipinski definition) is 4. The van der Waals surface area contributed by atoms with Crippen molar-refractivity contribution in [1.82, 2.24) is 5.32 Å². The largest absolute Gasteiger partial charge is 0.388 e. The molecule has 37 heavy (non-hydrogen) atoms. The van der Waals surface area contributed by atoms with Gasteiger partial charge in [0, 0.05) is 18.6 Å². The van der Waals surface area contributed by atoms with E-state index in [0.717, 1.165) is 11.1 Å². The van der Waals surface area contributed by atoms with E-state index in [1.807, 2.05) is 42.5 Å². The van der Waals surface area contributed by atoms with E-state index >= 15 is 0 Å². The molecule has 6 N–H and O–H groups in total. The van der Waals surface area contributed by atoms with Gasteiger partial charge in [-0.15, -0.1) is 0 Å². The van der Waals surface area contributed by atoms with Crippen LogP contribution >= 0.6 is 11.6 Å². The van der Waals surface area contributed by atoms with Crippen molar-refractivity contribution >= 4 is 23.5 Å². The predicted molar refractivity (Wildman–Crippen MR) is 140 cm³/mol. The van der Waals surface area contributed by atoms with Crippen molar-refractivity contribution in [2.75, 3.05) is 26.9 Å². The summed E-state index contributed by atoms with van der Waals surface area (Å²) in [5.41, 5.74) is 12.7. The minimum atomic E-state index is -1.08. The van der Waals surface area contributed by atoms with Crippen LogP contribution in [0.25, 0.3) is 0 Å². The number of aliphatic imine (C=N–C) groups is 1. The Hall–Kier alpha value is -2.73. The molecule has 1 amide bonds. The van der Waals surface area contributed by atoms with Crippen LogP contribution < -0.4 is 16.8 Å². The van der Waals surface area contributed by atoms with Gasteiger partial charge >= 0.3 is 0 Å². The van der Waals surface area contributed by atoms with Gasteiger partial charge in [-0.1, -0.05) is 54.1 Å². The summed E-state index contributed by atoms with van der Waals surface area (Å²) in [6.07, 6.45) is -2.81. The molecule has 5 atom stereocenters. The van der Waals surface area contributed by atoms with E-state index < -0.39 is 30.6 Å². The lowest BCUT2D eigenvalue weighted by Gasteiger charge is -2.44. The van der Waals surface area contributed by atoms with Crippen molar-refractivity contribution in [3.05, 3.63) is 70.7 Å². The van der Waals surface area contributed by atoms with Crippen molar-refractivity contribution in [2.24, 2.45) is 16.5 Å². The van der Waals surface area contributed by atoms with Gasteiger partial charge in [-0.05, 0) is 29.7 Å². The number of rotatable bonds is 13. The summed E-state index contributed by atoms with van der Waals surface area (Å²) >= 11 is 5.94. The number of nitrogens with zero attached hydrogens (tertiary/aromatic N) is 1. The Morgan fingerprint density at radius 2 is 1.86 bits per heavy atom. The van der Waals surface area contributed by atoms with E-state index in [1.54, 1.807) is 12.1 Å². The van der Waals surface area contributed by atoms with E-state index in [-0.39, 0.29) is 31.4 Å². The summed E-state index contributed by atoms with van der Waals surface area (Å²) in [4.78, 5) is 16.4. The minimum absolute atomic E-state index is 0.0469. The van der Waals surface area contributed by atoms with Gasteiger partial charge in [-0.25, -0.2) is 0 Å². The molecule has 2 aromatic carbocycles. The van der Waals surface area contributed by atoms with Gasteiger partial charge in [0.1, 0.15) is 24.4 Å². The molecule has 3 rings (SSSR count). The zero-order valence-electron chi connectivity index (χ0n) is 20.8. The van der Waals surface area contributed by atoms with Crippen LogP contribution in [0.5, 0.6) is 0 Å². The second-order valence-electron chi connectivity index (χ2n) is 8.63. The van der Waals surface area contributed by atoms with Crippen LogP contribution in [0.15, 0.2) is 59.6 Å². The molecule has 1 unspecified atom stereocenters. The lowest BCUT2D eigenvalue weighted by Crippen LogP contribution is -2.65. The third-order valence-electron chi connectivity index (χ3n) is 5.89. The minimum Gasteiger partial charge on any atom is -0.388 e. The molecule has 0 radical (unpaired) electrons. The molecule has 1 heterocycles. The first-order valence-corrected chi connectivity index (χ1v) is 12.4. The molecule has 202 valence electrons. The smallest absolute Gasteiger partial charge is 0.222 e. The number of amides is 1. The summed E-state index contributed by atoms with van der Waals surface area (Å²) in [7, 11) is 1.46. The van der Waals surface area contributed by atoms with E-state index in [9.17, 15) is 9.90 Å². The SMILES string of the molecule is CO[C@H]1[C@H](O)[C@@H](COCc2ccc(Cl)cc2)OC(OCCc2ccccc2)[C@@H]1NC(=O)CCN=C(N)N. The summed E-state index contributed by atoms with van der Waals surface area (Å²) in [5.74, 6) is -0.426. The first kappa shape index (κ1) is 28.8. The normalized spacial score (nSPS) is 23.4. The number of halogens is 1. The third kappa shape index (κ3) is 9.26. The second kappa shape index (κ2) is 14.9. The quantitative estimate of drug-likeness (QED) is 0.222. The maximum Gasteiger partial charge on any atom is 0.222 e. The standard InChI is InChI=1S/C26H35ClN4O6/c1-34-24-22(31-21(32)11-13-30-26(28)29)25(36-14-12-17-5-3-2-4-6-17)37-20(23(24)33)16-35-15-18-7-9-19(27)10-8-18/h2-10,20,22-25,33H,11-16H2,1H3,(H,31,32)(H4,28,29,30)/t20-,22-,23-,24-,25?/m1/s1. The van der Waals surface area contributed by atoms with Crippen LogP contribution in [0, 0.1) is 0 Å². The van der Waals surface area contributed by atoms with Gasteiger partial charge in [0.05, 0.1) is 26.4 Å². The summed E-state index contributed by atoms with van der Waals surface area (Å²) in [5, 5.41) is 14.5. The van der Waals surface area contributed by atoms with E-state index in [1.165, 1.54) is 7.11 Å². The van der Waals surface area contributed by atoms with Crippen molar-refractivity contribution in [3.8, 4) is 0 Å². The highest BCUT2D eigenvalue weighted by molar-refractivity contribution is 6.30. The molecule has 11 heteroatoms. The molecule has 10 nitrogen and oxygen atoms in total. The number of guanidine groups is 1. The first-order valence-electron chi connectivity index (χ1n) is 12.1. The molecule has 0 aliphatic carbocycles. The van der Waals surface area contributed by atoms with Crippen molar-refractivity contribution < 1.29 is 28.8 Å². The number of carbonyl (C=O) groups excluding carboxylic acids is 1.